The topological polar surface area (TPSA) is 76.3 Å². The molecular weight excluding hydrogens is 703 g/mol. The maximum Gasteiger partial charge on any atom is 0.279 e. The number of para-hydroxylation sites is 3. The van der Waals surface area contributed by atoms with Crippen molar-refractivity contribution in [2.24, 2.45) is 9.98 Å². The highest BCUT2D eigenvalue weighted by Gasteiger charge is 2.24. The molecule has 1 N–H and O–H groups in total. The van der Waals surface area contributed by atoms with Crippen LogP contribution in [0, 0.1) is 0 Å². The Labute approximate surface area is 328 Å². The number of furan rings is 1. The van der Waals surface area contributed by atoms with E-state index in [1.165, 1.54) is 0 Å². The first-order chi connectivity index (χ1) is 28.2. The number of fused-ring (bicyclic) bond motifs is 8. The van der Waals surface area contributed by atoms with Crippen LogP contribution < -0.4 is 10.9 Å². The highest BCUT2D eigenvalue weighted by atomic mass is 16.3. The third-order valence-electron chi connectivity index (χ3n) is 10.6. The first kappa shape index (κ1) is 34.0. The van der Waals surface area contributed by atoms with Crippen molar-refractivity contribution in [3.8, 4) is 16.8 Å². The van der Waals surface area contributed by atoms with Crippen LogP contribution >= 0.6 is 0 Å². The molecule has 0 radical (unpaired) electrons. The average Bonchev–Trinajstić information content (AvgIpc) is 3.87. The minimum absolute atomic E-state index is 0.0603. The number of aliphatic imine (C=N–C) groups is 2. The first-order valence-electron chi connectivity index (χ1n) is 19.3. The number of aromatic nitrogens is 2. The number of hydrogen-bond acceptors (Lipinski definition) is 5. The Balaban J connectivity index is 0.00000195. The van der Waals surface area contributed by atoms with Crippen LogP contribution in [0.5, 0.6) is 0 Å². The van der Waals surface area contributed by atoms with Crippen LogP contribution in [0.4, 0.5) is 0 Å². The monoisotopic (exact) mass is 739 g/mol. The van der Waals surface area contributed by atoms with Gasteiger partial charge in [-0.1, -0.05) is 129 Å². The van der Waals surface area contributed by atoms with E-state index in [2.05, 4.69) is 76.4 Å². The van der Waals surface area contributed by atoms with Gasteiger partial charge in [-0.2, -0.15) is 0 Å². The van der Waals surface area contributed by atoms with Crippen LogP contribution in [-0.2, 0) is 0 Å². The molecule has 7 aromatic carbocycles. The number of nitrogens with zero attached hydrogens (tertiary/aromatic N) is 4. The minimum Gasteiger partial charge on any atom is -0.456 e. The molecule has 7 heteroatoms. The molecule has 7 nitrogen and oxygen atoms in total. The summed E-state index contributed by atoms with van der Waals surface area (Å²) in [7, 11) is 0. The van der Waals surface area contributed by atoms with Gasteiger partial charge in [-0.15, -0.1) is 0 Å². The fraction of sp³-hybridized carbons (Fsp3) is 0.0600. The SMILES string of the molecule is CC.O=c1c2cc3cc(-c4ccc5oc6cccc(C7=NC(c8ccccc8)NC(c8ccccc8)=N7)c6c5c4)ccc3n2c2ccccc2n1-c1ccccc1. The summed E-state index contributed by atoms with van der Waals surface area (Å²) in [6.45, 7) is 4.00. The van der Waals surface area contributed by atoms with Crippen molar-refractivity contribution in [3.05, 3.63) is 203 Å². The number of benzene rings is 7. The Morgan fingerprint density at radius 1 is 0.579 bits per heavy atom. The van der Waals surface area contributed by atoms with Gasteiger partial charge < -0.3 is 14.1 Å². The van der Waals surface area contributed by atoms with Crippen LogP contribution in [-0.4, -0.2) is 20.6 Å². The Morgan fingerprint density at radius 3 is 2.05 bits per heavy atom. The Kier molecular flexibility index (Phi) is 8.33. The third kappa shape index (κ3) is 5.71. The van der Waals surface area contributed by atoms with Crippen molar-refractivity contribution >= 4 is 61.1 Å². The van der Waals surface area contributed by atoms with Gasteiger partial charge in [-0.05, 0) is 77.4 Å². The quantitative estimate of drug-likeness (QED) is 0.191. The Bertz CT molecular complexity index is 3250. The maximum atomic E-state index is 14.2. The van der Waals surface area contributed by atoms with Gasteiger partial charge in [0.2, 0.25) is 0 Å². The lowest BCUT2D eigenvalue weighted by molar-refractivity contribution is 0.668. The Hall–Kier alpha value is -7.51. The second kappa shape index (κ2) is 14.0. The summed E-state index contributed by atoms with van der Waals surface area (Å²) in [6, 6.07) is 59.2. The molecule has 1 aliphatic rings. The minimum atomic E-state index is -0.313. The Morgan fingerprint density at radius 2 is 1.26 bits per heavy atom. The highest BCUT2D eigenvalue weighted by molar-refractivity contribution is 6.22. The lowest BCUT2D eigenvalue weighted by Crippen LogP contribution is -2.33. The summed E-state index contributed by atoms with van der Waals surface area (Å²) in [5, 5.41) is 6.50. The molecule has 0 aliphatic carbocycles. The van der Waals surface area contributed by atoms with E-state index in [9.17, 15) is 4.79 Å². The molecule has 11 rings (SSSR count). The molecule has 4 heterocycles. The summed E-state index contributed by atoms with van der Waals surface area (Å²) in [5.74, 6) is 1.40. The lowest BCUT2D eigenvalue weighted by atomic mass is 9.99. The zero-order valence-electron chi connectivity index (χ0n) is 31.4. The van der Waals surface area contributed by atoms with Gasteiger partial charge in [0.05, 0.1) is 16.6 Å². The van der Waals surface area contributed by atoms with E-state index >= 15 is 0 Å². The normalized spacial score (nSPS) is 14.0. The molecule has 0 saturated carbocycles. The maximum absolute atomic E-state index is 14.2. The lowest BCUT2D eigenvalue weighted by Gasteiger charge is -2.23. The molecule has 1 unspecified atom stereocenters. The standard InChI is InChI=1S/C48H31N5O2.C2H6/c54-48-41-29-34-27-32(23-25-38(34)53(41)40-21-11-10-20-39(40)52(48)35-17-8-3-9-18-35)33-24-26-42-37(28-33)44-36(19-12-22-43(44)55-42)47-50-45(30-13-4-1-5-14-30)49-46(51-47)31-15-6-2-7-16-31;1-2/h1-29,45H,(H,49,50,51);1-2H3. The summed E-state index contributed by atoms with van der Waals surface area (Å²) in [5.41, 5.74) is 10.8. The van der Waals surface area contributed by atoms with Crippen molar-refractivity contribution in [2.75, 3.05) is 0 Å². The molecule has 0 saturated heterocycles. The number of hydrogen-bond donors (Lipinski definition) is 1. The van der Waals surface area contributed by atoms with Crippen molar-refractivity contribution in [1.82, 2.24) is 14.3 Å². The largest absolute Gasteiger partial charge is 0.456 e. The third-order valence-corrected chi connectivity index (χ3v) is 10.6. The van der Waals surface area contributed by atoms with Crippen molar-refractivity contribution < 1.29 is 4.42 Å². The molecule has 1 atom stereocenters. The summed E-state index contributed by atoms with van der Waals surface area (Å²) in [4.78, 5) is 24.5. The van der Waals surface area contributed by atoms with Gasteiger partial charge in [0.15, 0.2) is 5.84 Å². The molecule has 0 spiro atoms. The zero-order chi connectivity index (χ0) is 38.5. The van der Waals surface area contributed by atoms with Crippen LogP contribution in [0.1, 0.15) is 36.7 Å². The smallest absolute Gasteiger partial charge is 0.279 e. The van der Waals surface area contributed by atoms with Gasteiger partial charge in [0.1, 0.15) is 28.7 Å². The van der Waals surface area contributed by atoms with Crippen LogP contribution in [0.15, 0.2) is 195 Å². The fourth-order valence-electron chi connectivity index (χ4n) is 8.02. The van der Waals surface area contributed by atoms with Gasteiger partial charge in [-0.25, -0.2) is 9.98 Å². The molecule has 10 aromatic rings. The van der Waals surface area contributed by atoms with E-state index in [1.54, 1.807) is 0 Å². The van der Waals surface area contributed by atoms with E-state index in [1.807, 2.05) is 128 Å². The first-order valence-corrected chi connectivity index (χ1v) is 19.3. The molecule has 0 fully saturated rings. The van der Waals surface area contributed by atoms with E-state index in [0.717, 1.165) is 83.2 Å². The number of nitrogens with one attached hydrogen (secondary N) is 1. The van der Waals surface area contributed by atoms with E-state index in [-0.39, 0.29) is 11.7 Å². The molecule has 0 amide bonds. The van der Waals surface area contributed by atoms with E-state index in [4.69, 9.17) is 14.4 Å². The van der Waals surface area contributed by atoms with Crippen LogP contribution in [0.2, 0.25) is 0 Å². The van der Waals surface area contributed by atoms with E-state index < -0.39 is 0 Å². The van der Waals surface area contributed by atoms with Gasteiger partial charge in [-0.3, -0.25) is 9.36 Å². The van der Waals surface area contributed by atoms with Crippen molar-refractivity contribution in [2.45, 2.75) is 20.0 Å². The number of rotatable bonds is 5. The summed E-state index contributed by atoms with van der Waals surface area (Å²) in [6.07, 6.45) is -0.313. The number of amidine groups is 2. The predicted molar refractivity (Wildman–Crippen MR) is 234 cm³/mol. The van der Waals surface area contributed by atoms with Gasteiger partial charge >= 0.3 is 0 Å². The average molecular weight is 740 g/mol. The molecular formula is C50H37N5O2. The summed E-state index contributed by atoms with van der Waals surface area (Å²) >= 11 is 0. The zero-order valence-corrected chi connectivity index (χ0v) is 31.4. The van der Waals surface area contributed by atoms with Crippen LogP contribution in [0.25, 0.3) is 66.2 Å². The van der Waals surface area contributed by atoms with Crippen molar-refractivity contribution in [3.63, 3.8) is 0 Å². The molecule has 3 aromatic heterocycles. The van der Waals surface area contributed by atoms with Crippen molar-refractivity contribution in [1.29, 1.82) is 0 Å². The summed E-state index contributed by atoms with van der Waals surface area (Å²) < 4.78 is 10.3. The second-order valence-electron chi connectivity index (χ2n) is 13.8. The molecule has 1 aliphatic heterocycles. The molecule has 57 heavy (non-hydrogen) atoms. The highest BCUT2D eigenvalue weighted by Crippen LogP contribution is 2.37. The van der Waals surface area contributed by atoms with E-state index in [0.29, 0.717) is 11.4 Å². The second-order valence-corrected chi connectivity index (χ2v) is 13.8. The molecule has 274 valence electrons. The van der Waals surface area contributed by atoms with Gasteiger partial charge in [0, 0.05) is 33.0 Å². The molecule has 0 bridgehead atoms. The predicted octanol–water partition coefficient (Wildman–Crippen LogP) is 11.5. The van der Waals surface area contributed by atoms with Crippen LogP contribution in [0.3, 0.4) is 0 Å². The van der Waals surface area contributed by atoms with Gasteiger partial charge in [0.25, 0.3) is 5.56 Å². The fourth-order valence-corrected chi connectivity index (χ4v) is 8.02.